The fourth-order valence-corrected chi connectivity index (χ4v) is 11.2. The number of hydrogen-bond donors (Lipinski definition) is 0. The van der Waals surface area contributed by atoms with Gasteiger partial charge in [-0.05, 0) is 148 Å². The summed E-state index contributed by atoms with van der Waals surface area (Å²) in [6.07, 6.45) is 0. The summed E-state index contributed by atoms with van der Waals surface area (Å²) in [5.41, 5.74) is 20.0. The Morgan fingerprint density at radius 2 is 0.529 bits per heavy atom. The number of furan rings is 2. The van der Waals surface area contributed by atoms with Crippen LogP contribution in [0.1, 0.15) is 0 Å². The molecule has 0 saturated heterocycles. The summed E-state index contributed by atoms with van der Waals surface area (Å²) in [6.45, 7) is 0. The molecule has 4 heterocycles. The maximum atomic E-state index is 6.19. The zero-order valence-electron chi connectivity index (χ0n) is 37.8. The van der Waals surface area contributed by atoms with Gasteiger partial charge in [0.05, 0.1) is 22.1 Å². The van der Waals surface area contributed by atoms with Gasteiger partial charge in [-0.1, -0.05) is 140 Å². The first kappa shape index (κ1) is 38.7. The second-order valence-corrected chi connectivity index (χ2v) is 18.5. The average Bonchev–Trinajstić information content (AvgIpc) is 4.18. The summed E-state index contributed by atoms with van der Waals surface area (Å²) < 4.78 is 17.2. The minimum atomic E-state index is 0.900. The smallest absolute Gasteiger partial charge is 0.135 e. The molecule has 0 bridgehead atoms. The molecule has 11 aromatic carbocycles. The van der Waals surface area contributed by atoms with Gasteiger partial charge in [0.15, 0.2) is 0 Å². The van der Waals surface area contributed by atoms with Crippen LogP contribution >= 0.6 is 0 Å². The van der Waals surface area contributed by atoms with Gasteiger partial charge in [0.2, 0.25) is 0 Å². The first-order chi connectivity index (χ1) is 34.7. The molecule has 15 aromatic rings. The van der Waals surface area contributed by atoms with E-state index in [1.807, 2.05) is 24.3 Å². The van der Waals surface area contributed by atoms with E-state index in [0.717, 1.165) is 55.3 Å². The lowest BCUT2D eigenvalue weighted by atomic mass is 9.94. The van der Waals surface area contributed by atoms with Gasteiger partial charge in [-0.3, -0.25) is 0 Å². The molecule has 0 N–H and O–H groups in total. The number of nitrogens with zero attached hydrogens (tertiary/aromatic N) is 2. The SMILES string of the molecule is c1cc(-c2cccc(-c3ccc4c(c3)c3ccccc3n4-c3ccc4oc5ccccc5c4c3)c2)cc(-c2cccc(-c3ccc4c(c3)c3ccccc3n4-c3ccc4oc5ccccc5c4c3)c2)c1. The van der Waals surface area contributed by atoms with E-state index in [1.54, 1.807) is 0 Å². The zero-order chi connectivity index (χ0) is 45.9. The fourth-order valence-electron chi connectivity index (χ4n) is 11.2. The van der Waals surface area contributed by atoms with Crippen molar-refractivity contribution in [1.29, 1.82) is 0 Å². The van der Waals surface area contributed by atoms with Crippen molar-refractivity contribution in [3.8, 4) is 55.9 Å². The van der Waals surface area contributed by atoms with Crippen molar-refractivity contribution in [2.45, 2.75) is 0 Å². The van der Waals surface area contributed by atoms with Crippen LogP contribution in [0.2, 0.25) is 0 Å². The highest BCUT2D eigenvalue weighted by molar-refractivity contribution is 6.13. The van der Waals surface area contributed by atoms with Gasteiger partial charge < -0.3 is 18.0 Å². The van der Waals surface area contributed by atoms with Crippen molar-refractivity contribution >= 4 is 87.5 Å². The van der Waals surface area contributed by atoms with E-state index in [2.05, 4.69) is 228 Å². The van der Waals surface area contributed by atoms with Crippen molar-refractivity contribution in [2.24, 2.45) is 0 Å². The van der Waals surface area contributed by atoms with E-state index >= 15 is 0 Å². The van der Waals surface area contributed by atoms with Gasteiger partial charge in [-0.15, -0.1) is 0 Å². The number of hydrogen-bond acceptors (Lipinski definition) is 2. The Labute approximate surface area is 402 Å². The summed E-state index contributed by atoms with van der Waals surface area (Å²) >= 11 is 0. The standard InChI is InChI=1S/C66H40N2O2/c1-5-22-59-51(18-1)55-37-47(26-30-61(55)67(59)49-28-32-65-57(39-49)53-20-3-7-24-63(53)69-65)45-16-10-14-43(35-45)41-12-9-13-42(34-41)44-15-11-17-46(36-44)48-27-31-62-56(38-48)52-19-2-6-23-60(52)68(62)50-29-33-66-58(40-50)54-21-4-8-25-64(54)70-66/h1-40H. The summed E-state index contributed by atoms with van der Waals surface area (Å²) in [6, 6.07) is 87.8. The number of fused-ring (bicyclic) bond motifs is 12. The third-order valence-corrected chi connectivity index (χ3v) is 14.5. The minimum Gasteiger partial charge on any atom is -0.456 e. The predicted molar refractivity (Wildman–Crippen MR) is 291 cm³/mol. The maximum Gasteiger partial charge on any atom is 0.135 e. The summed E-state index contributed by atoms with van der Waals surface area (Å²) in [4.78, 5) is 0. The molecular formula is C66H40N2O2. The second-order valence-electron chi connectivity index (χ2n) is 18.5. The zero-order valence-corrected chi connectivity index (χ0v) is 37.8. The van der Waals surface area contributed by atoms with Crippen LogP contribution < -0.4 is 0 Å². The van der Waals surface area contributed by atoms with E-state index in [9.17, 15) is 0 Å². The Balaban J connectivity index is 0.766. The van der Waals surface area contributed by atoms with Gasteiger partial charge in [0.1, 0.15) is 22.3 Å². The molecule has 4 nitrogen and oxygen atoms in total. The minimum absolute atomic E-state index is 0.900. The molecule has 0 amide bonds. The monoisotopic (exact) mass is 892 g/mol. The molecule has 0 unspecified atom stereocenters. The highest BCUT2D eigenvalue weighted by Crippen LogP contribution is 2.41. The van der Waals surface area contributed by atoms with Gasteiger partial charge >= 0.3 is 0 Å². The van der Waals surface area contributed by atoms with E-state index in [4.69, 9.17) is 8.83 Å². The quantitative estimate of drug-likeness (QED) is 0.167. The topological polar surface area (TPSA) is 36.1 Å². The molecule has 0 saturated carbocycles. The van der Waals surface area contributed by atoms with Crippen molar-refractivity contribution in [2.75, 3.05) is 0 Å². The predicted octanol–water partition coefficient (Wildman–Crippen LogP) is 18.3. The number of benzene rings is 11. The lowest BCUT2D eigenvalue weighted by molar-refractivity contribution is 0.668. The molecule has 0 aliphatic carbocycles. The lowest BCUT2D eigenvalue weighted by Crippen LogP contribution is -1.93. The fraction of sp³-hybridized carbons (Fsp3) is 0. The Kier molecular flexibility index (Phi) is 8.33. The van der Waals surface area contributed by atoms with E-state index in [1.165, 1.54) is 88.1 Å². The largest absolute Gasteiger partial charge is 0.456 e. The molecule has 0 fully saturated rings. The molecule has 0 aliphatic heterocycles. The molecule has 4 aromatic heterocycles. The summed E-state index contributed by atoms with van der Waals surface area (Å²) in [5, 5.41) is 9.41. The van der Waals surface area contributed by atoms with Crippen LogP contribution in [0.25, 0.3) is 143 Å². The van der Waals surface area contributed by atoms with Crippen molar-refractivity contribution in [3.05, 3.63) is 243 Å². The molecule has 4 heteroatoms. The molecular weight excluding hydrogens is 853 g/mol. The van der Waals surface area contributed by atoms with Gasteiger partial charge in [-0.2, -0.15) is 0 Å². The first-order valence-electron chi connectivity index (χ1n) is 23.9. The summed E-state index contributed by atoms with van der Waals surface area (Å²) in [5.74, 6) is 0. The van der Waals surface area contributed by atoms with Gasteiger partial charge in [0.25, 0.3) is 0 Å². The van der Waals surface area contributed by atoms with Crippen LogP contribution in [-0.4, -0.2) is 9.13 Å². The average molecular weight is 893 g/mol. The number of rotatable bonds is 6. The Morgan fingerprint density at radius 3 is 0.943 bits per heavy atom. The normalized spacial score (nSPS) is 12.0. The third-order valence-electron chi connectivity index (χ3n) is 14.5. The Hall–Kier alpha value is -9.38. The van der Waals surface area contributed by atoms with Crippen LogP contribution in [0.5, 0.6) is 0 Å². The third kappa shape index (κ3) is 5.97. The molecule has 0 radical (unpaired) electrons. The molecule has 0 atom stereocenters. The van der Waals surface area contributed by atoms with E-state index in [0.29, 0.717) is 0 Å². The molecule has 326 valence electrons. The first-order valence-corrected chi connectivity index (χ1v) is 23.9. The maximum absolute atomic E-state index is 6.19. The van der Waals surface area contributed by atoms with Crippen LogP contribution in [0, 0.1) is 0 Å². The molecule has 15 rings (SSSR count). The summed E-state index contributed by atoms with van der Waals surface area (Å²) in [7, 11) is 0. The van der Waals surface area contributed by atoms with Gasteiger partial charge in [0, 0.05) is 54.5 Å². The van der Waals surface area contributed by atoms with Crippen LogP contribution in [0.15, 0.2) is 251 Å². The number of para-hydroxylation sites is 4. The Bertz CT molecular complexity index is 4320. The van der Waals surface area contributed by atoms with Crippen molar-refractivity contribution < 1.29 is 8.83 Å². The Morgan fingerprint density at radius 1 is 0.200 bits per heavy atom. The molecule has 0 spiro atoms. The van der Waals surface area contributed by atoms with Crippen LogP contribution in [0.3, 0.4) is 0 Å². The van der Waals surface area contributed by atoms with E-state index in [-0.39, 0.29) is 0 Å². The van der Waals surface area contributed by atoms with Crippen molar-refractivity contribution in [1.82, 2.24) is 9.13 Å². The van der Waals surface area contributed by atoms with E-state index < -0.39 is 0 Å². The van der Waals surface area contributed by atoms with Crippen LogP contribution in [0.4, 0.5) is 0 Å². The number of aromatic nitrogens is 2. The van der Waals surface area contributed by atoms with Gasteiger partial charge in [-0.25, -0.2) is 0 Å². The molecule has 70 heavy (non-hydrogen) atoms. The van der Waals surface area contributed by atoms with Crippen molar-refractivity contribution in [3.63, 3.8) is 0 Å². The highest BCUT2D eigenvalue weighted by atomic mass is 16.3. The second kappa shape index (κ2) is 15.1. The highest BCUT2D eigenvalue weighted by Gasteiger charge is 2.18. The van der Waals surface area contributed by atoms with Crippen LogP contribution in [-0.2, 0) is 0 Å². The lowest BCUT2D eigenvalue weighted by Gasteiger charge is -2.11. The molecule has 0 aliphatic rings.